The van der Waals surface area contributed by atoms with Gasteiger partial charge in [-0.05, 0) is 26.3 Å². The van der Waals surface area contributed by atoms with Crippen molar-refractivity contribution in [3.8, 4) is 0 Å². The van der Waals surface area contributed by atoms with Crippen molar-refractivity contribution >= 4 is 5.97 Å². The van der Waals surface area contributed by atoms with E-state index >= 15 is 0 Å². The van der Waals surface area contributed by atoms with Crippen molar-refractivity contribution in [2.45, 2.75) is 63.3 Å². The molecule has 5 heteroatoms. The predicted molar refractivity (Wildman–Crippen MR) is 71.0 cm³/mol. The average molecular weight is 271 g/mol. The number of hydrogen-bond acceptors (Lipinski definition) is 4. The molecule has 1 spiro atoms. The summed E-state index contributed by atoms with van der Waals surface area (Å²) in [6, 6.07) is -0.0412. The Balaban J connectivity index is 1.90. The maximum atomic E-state index is 11.3. The van der Waals surface area contributed by atoms with Crippen molar-refractivity contribution in [1.82, 2.24) is 4.90 Å². The van der Waals surface area contributed by atoms with E-state index in [1.54, 1.807) is 0 Å². The number of ether oxygens (including phenoxy) is 2. The summed E-state index contributed by atoms with van der Waals surface area (Å²) >= 11 is 0. The lowest BCUT2D eigenvalue weighted by molar-refractivity contribution is -0.185. The normalized spacial score (nSPS) is 25.0. The van der Waals surface area contributed by atoms with Crippen LogP contribution >= 0.6 is 0 Å². The summed E-state index contributed by atoms with van der Waals surface area (Å²) in [7, 11) is 1.94. The van der Waals surface area contributed by atoms with Gasteiger partial charge < -0.3 is 14.6 Å². The molecule has 1 saturated heterocycles. The smallest absolute Gasteiger partial charge is 0.320 e. The van der Waals surface area contributed by atoms with Gasteiger partial charge in [0.1, 0.15) is 6.04 Å². The second-order valence-electron chi connectivity index (χ2n) is 5.65. The van der Waals surface area contributed by atoms with Gasteiger partial charge in [-0.25, -0.2) is 0 Å². The van der Waals surface area contributed by atoms with E-state index in [4.69, 9.17) is 9.47 Å². The summed E-state index contributed by atoms with van der Waals surface area (Å²) in [5.41, 5.74) is 0. The van der Waals surface area contributed by atoms with Gasteiger partial charge in [0.15, 0.2) is 5.79 Å². The first kappa shape index (κ1) is 14.8. The first-order valence-electron chi connectivity index (χ1n) is 7.30. The molecule has 2 aliphatic rings. The zero-order valence-corrected chi connectivity index (χ0v) is 11.9. The van der Waals surface area contributed by atoms with Crippen molar-refractivity contribution in [2.75, 3.05) is 20.3 Å². The Morgan fingerprint density at radius 3 is 2.42 bits per heavy atom. The fourth-order valence-corrected chi connectivity index (χ4v) is 3.26. The van der Waals surface area contributed by atoms with Crippen LogP contribution in [-0.2, 0) is 14.3 Å². The fraction of sp³-hybridized carbons (Fsp3) is 0.929. The lowest BCUT2D eigenvalue weighted by Crippen LogP contribution is -2.49. The second kappa shape index (κ2) is 6.20. The molecule has 1 unspecified atom stereocenters. The van der Waals surface area contributed by atoms with Crippen LogP contribution in [-0.4, -0.2) is 54.1 Å². The summed E-state index contributed by atoms with van der Waals surface area (Å²) in [6.07, 6.45) is 5.25. The van der Waals surface area contributed by atoms with Crippen LogP contribution in [0.4, 0.5) is 0 Å². The number of rotatable bonds is 5. The van der Waals surface area contributed by atoms with Gasteiger partial charge in [-0.3, -0.25) is 9.69 Å². The molecule has 0 bridgehead atoms. The molecular formula is C14H25NO4. The molecule has 1 saturated carbocycles. The molecule has 1 heterocycles. The Hall–Kier alpha value is -0.650. The van der Waals surface area contributed by atoms with Gasteiger partial charge in [-0.1, -0.05) is 13.3 Å². The Labute approximate surface area is 114 Å². The molecule has 0 aromatic carbocycles. The van der Waals surface area contributed by atoms with Gasteiger partial charge in [0.25, 0.3) is 0 Å². The average Bonchev–Trinajstić information content (AvgIpc) is 2.84. The molecule has 0 aromatic heterocycles. The lowest BCUT2D eigenvalue weighted by Gasteiger charge is -2.40. The Bertz CT molecular complexity index is 305. The lowest BCUT2D eigenvalue weighted by atomic mass is 9.88. The Morgan fingerprint density at radius 2 is 1.95 bits per heavy atom. The first-order valence-corrected chi connectivity index (χ1v) is 7.30. The van der Waals surface area contributed by atoms with E-state index in [-0.39, 0.29) is 11.8 Å². The minimum Gasteiger partial charge on any atom is -0.480 e. The first-order chi connectivity index (χ1) is 9.08. The van der Waals surface area contributed by atoms with Crippen LogP contribution < -0.4 is 0 Å². The van der Waals surface area contributed by atoms with Crippen LogP contribution in [0.3, 0.4) is 0 Å². The van der Waals surface area contributed by atoms with E-state index in [1.807, 2.05) is 18.9 Å². The SMILES string of the molecule is CCCC(C(=O)O)N(C)C1CCC2(CC1)OCCO2. The number of carboxylic acid groups (broad SMARTS) is 1. The predicted octanol–water partition coefficient (Wildman–Crippen LogP) is 1.86. The highest BCUT2D eigenvalue weighted by Gasteiger charge is 2.42. The van der Waals surface area contributed by atoms with Crippen molar-refractivity contribution in [3.05, 3.63) is 0 Å². The molecule has 1 atom stereocenters. The largest absolute Gasteiger partial charge is 0.480 e. The molecule has 1 aliphatic heterocycles. The molecule has 1 aliphatic carbocycles. The van der Waals surface area contributed by atoms with E-state index < -0.39 is 5.97 Å². The van der Waals surface area contributed by atoms with Gasteiger partial charge in [-0.15, -0.1) is 0 Å². The highest BCUT2D eigenvalue weighted by atomic mass is 16.7. The second-order valence-corrected chi connectivity index (χ2v) is 5.65. The van der Waals surface area contributed by atoms with Gasteiger partial charge in [0.2, 0.25) is 0 Å². The van der Waals surface area contributed by atoms with E-state index in [2.05, 4.69) is 0 Å². The fourth-order valence-electron chi connectivity index (χ4n) is 3.26. The molecule has 0 amide bonds. The van der Waals surface area contributed by atoms with Crippen LogP contribution in [0.2, 0.25) is 0 Å². The molecule has 19 heavy (non-hydrogen) atoms. The number of carbonyl (C=O) groups is 1. The monoisotopic (exact) mass is 271 g/mol. The molecule has 110 valence electrons. The van der Waals surface area contributed by atoms with Crippen molar-refractivity contribution < 1.29 is 19.4 Å². The zero-order chi connectivity index (χ0) is 13.9. The third kappa shape index (κ3) is 3.27. The Morgan fingerprint density at radius 1 is 1.37 bits per heavy atom. The number of aliphatic carboxylic acids is 1. The van der Waals surface area contributed by atoms with Gasteiger partial charge in [0.05, 0.1) is 13.2 Å². The topological polar surface area (TPSA) is 59.0 Å². The Kier molecular flexibility index (Phi) is 4.81. The van der Waals surface area contributed by atoms with Crippen LogP contribution in [0.25, 0.3) is 0 Å². The van der Waals surface area contributed by atoms with E-state index in [1.165, 1.54) is 0 Å². The number of likely N-dealkylation sites (N-methyl/N-ethyl adjacent to an activating group) is 1. The summed E-state index contributed by atoms with van der Waals surface area (Å²) < 4.78 is 11.4. The number of hydrogen-bond donors (Lipinski definition) is 1. The minimum absolute atomic E-state index is 0.325. The number of carboxylic acids is 1. The van der Waals surface area contributed by atoms with Gasteiger partial charge >= 0.3 is 5.97 Å². The maximum absolute atomic E-state index is 11.3. The minimum atomic E-state index is -0.710. The quantitative estimate of drug-likeness (QED) is 0.827. The van der Waals surface area contributed by atoms with Crippen LogP contribution in [0.1, 0.15) is 45.4 Å². The highest BCUT2D eigenvalue weighted by Crippen LogP contribution is 2.37. The molecule has 0 radical (unpaired) electrons. The summed E-state index contributed by atoms with van der Waals surface area (Å²) in [5.74, 6) is -1.07. The van der Waals surface area contributed by atoms with Crippen LogP contribution in [0.5, 0.6) is 0 Å². The molecule has 2 fully saturated rings. The van der Waals surface area contributed by atoms with E-state index in [0.717, 1.165) is 32.1 Å². The zero-order valence-electron chi connectivity index (χ0n) is 11.9. The third-order valence-electron chi connectivity index (χ3n) is 4.45. The maximum Gasteiger partial charge on any atom is 0.320 e. The molecule has 5 nitrogen and oxygen atoms in total. The van der Waals surface area contributed by atoms with Gasteiger partial charge in [-0.2, -0.15) is 0 Å². The molecule has 2 rings (SSSR count). The molecule has 1 N–H and O–H groups in total. The number of nitrogens with zero attached hydrogens (tertiary/aromatic N) is 1. The van der Waals surface area contributed by atoms with Gasteiger partial charge in [0, 0.05) is 18.9 Å². The van der Waals surface area contributed by atoms with Crippen molar-refractivity contribution in [2.24, 2.45) is 0 Å². The molecular weight excluding hydrogens is 246 g/mol. The standard InChI is InChI=1S/C14H25NO4/c1-3-4-12(13(16)17)15(2)11-5-7-14(8-6-11)18-9-10-19-14/h11-12H,3-10H2,1-2H3,(H,16,17). The van der Waals surface area contributed by atoms with Crippen molar-refractivity contribution in [3.63, 3.8) is 0 Å². The molecule has 0 aromatic rings. The summed E-state index contributed by atoms with van der Waals surface area (Å²) in [5, 5.41) is 9.32. The van der Waals surface area contributed by atoms with E-state index in [9.17, 15) is 9.90 Å². The van der Waals surface area contributed by atoms with Crippen LogP contribution in [0.15, 0.2) is 0 Å². The van der Waals surface area contributed by atoms with Crippen LogP contribution in [0, 0.1) is 0 Å². The summed E-state index contributed by atoms with van der Waals surface area (Å²) in [4.78, 5) is 13.4. The third-order valence-corrected chi connectivity index (χ3v) is 4.45. The van der Waals surface area contributed by atoms with E-state index in [0.29, 0.717) is 25.7 Å². The van der Waals surface area contributed by atoms with Crippen molar-refractivity contribution in [1.29, 1.82) is 0 Å². The summed E-state index contributed by atoms with van der Waals surface area (Å²) in [6.45, 7) is 3.40. The highest BCUT2D eigenvalue weighted by molar-refractivity contribution is 5.73.